The highest BCUT2D eigenvalue weighted by molar-refractivity contribution is 7.84. The van der Waals surface area contributed by atoms with Crippen LogP contribution in [0.4, 0.5) is 0 Å². The lowest BCUT2D eigenvalue weighted by Crippen LogP contribution is -2.18. The zero-order valence-electron chi connectivity index (χ0n) is 11.0. The van der Waals surface area contributed by atoms with Crippen LogP contribution in [0, 0.1) is 5.92 Å². The largest absolute Gasteiger partial charge is 0.330 e. The second kappa shape index (κ2) is 6.48. The van der Waals surface area contributed by atoms with Crippen molar-refractivity contribution in [1.82, 2.24) is 9.78 Å². The molecule has 18 heavy (non-hydrogen) atoms. The third-order valence-electron chi connectivity index (χ3n) is 3.54. The Kier molecular flexibility index (Phi) is 4.95. The molecule has 2 N–H and O–H groups in total. The summed E-state index contributed by atoms with van der Waals surface area (Å²) < 4.78 is 14.0. The van der Waals surface area contributed by atoms with Gasteiger partial charge in [-0.25, -0.2) is 0 Å². The maximum absolute atomic E-state index is 11.9. The Labute approximate surface area is 111 Å². The van der Waals surface area contributed by atoms with Gasteiger partial charge in [0.15, 0.2) is 0 Å². The molecular formula is C13H23N3OS. The van der Waals surface area contributed by atoms with Crippen LogP contribution in [0.5, 0.6) is 0 Å². The number of nitrogens with two attached hydrogens (primary N) is 1. The van der Waals surface area contributed by atoms with Gasteiger partial charge in [-0.15, -0.1) is 0 Å². The molecule has 1 aliphatic carbocycles. The van der Waals surface area contributed by atoms with E-state index in [0.717, 1.165) is 5.69 Å². The predicted octanol–water partition coefficient (Wildman–Crippen LogP) is 1.84. The van der Waals surface area contributed by atoms with Crippen LogP contribution in [0.1, 0.15) is 44.3 Å². The molecule has 2 rings (SSSR count). The van der Waals surface area contributed by atoms with Crippen molar-refractivity contribution in [2.24, 2.45) is 11.7 Å². The molecule has 2 unspecified atom stereocenters. The van der Waals surface area contributed by atoms with Crippen molar-refractivity contribution < 1.29 is 4.21 Å². The van der Waals surface area contributed by atoms with E-state index >= 15 is 0 Å². The van der Waals surface area contributed by atoms with Crippen molar-refractivity contribution in [1.29, 1.82) is 0 Å². The zero-order valence-corrected chi connectivity index (χ0v) is 11.9. The van der Waals surface area contributed by atoms with Crippen molar-refractivity contribution in [3.05, 3.63) is 18.0 Å². The van der Waals surface area contributed by atoms with Gasteiger partial charge in [-0.3, -0.25) is 8.89 Å². The fraction of sp³-hybridized carbons (Fsp3) is 0.769. The van der Waals surface area contributed by atoms with Crippen LogP contribution in [0.2, 0.25) is 0 Å². The summed E-state index contributed by atoms with van der Waals surface area (Å²) in [5.74, 6) is 1.55. The molecule has 1 fully saturated rings. The summed E-state index contributed by atoms with van der Waals surface area (Å²) >= 11 is 0. The fourth-order valence-electron chi connectivity index (χ4n) is 2.44. The van der Waals surface area contributed by atoms with Crippen LogP contribution in [-0.2, 0) is 16.6 Å². The summed E-state index contributed by atoms with van der Waals surface area (Å²) in [6.45, 7) is 2.64. The van der Waals surface area contributed by atoms with E-state index in [1.165, 1.54) is 25.7 Å². The molecule has 0 radical (unpaired) electrons. The van der Waals surface area contributed by atoms with Gasteiger partial charge in [0.1, 0.15) is 0 Å². The predicted molar refractivity (Wildman–Crippen MR) is 74.7 cm³/mol. The molecule has 0 saturated heterocycles. The Morgan fingerprint density at radius 3 is 2.94 bits per heavy atom. The van der Waals surface area contributed by atoms with Gasteiger partial charge in [0.2, 0.25) is 0 Å². The maximum Gasteiger partial charge on any atom is 0.0749 e. The molecule has 0 aromatic carbocycles. The van der Waals surface area contributed by atoms with E-state index in [1.54, 1.807) is 0 Å². The smallest absolute Gasteiger partial charge is 0.0749 e. The third-order valence-corrected chi connectivity index (χ3v) is 5.10. The lowest BCUT2D eigenvalue weighted by atomic mass is 10.2. The number of nitrogens with zero attached hydrogens (tertiary/aromatic N) is 2. The SMILES string of the molecule is CC(CN)CS(=O)Cc1ccn(C2CCCC2)n1. The van der Waals surface area contributed by atoms with Gasteiger partial charge < -0.3 is 5.73 Å². The summed E-state index contributed by atoms with van der Waals surface area (Å²) in [5, 5.41) is 4.56. The topological polar surface area (TPSA) is 60.9 Å². The molecule has 102 valence electrons. The van der Waals surface area contributed by atoms with Crippen LogP contribution in [0.15, 0.2) is 12.3 Å². The normalized spacial score (nSPS) is 20.1. The van der Waals surface area contributed by atoms with Crippen molar-refractivity contribution in [3.63, 3.8) is 0 Å². The summed E-state index contributed by atoms with van der Waals surface area (Å²) in [6, 6.07) is 2.57. The molecule has 1 aromatic heterocycles. The first-order valence-corrected chi connectivity index (χ1v) is 8.27. The first-order valence-electron chi connectivity index (χ1n) is 6.78. The molecule has 0 bridgehead atoms. The van der Waals surface area contributed by atoms with Gasteiger partial charge in [0.05, 0.1) is 17.5 Å². The Balaban J connectivity index is 1.88. The van der Waals surface area contributed by atoms with Crippen molar-refractivity contribution in [2.75, 3.05) is 12.3 Å². The second-order valence-corrected chi connectivity index (χ2v) is 6.82. The van der Waals surface area contributed by atoms with Crippen molar-refractivity contribution in [3.8, 4) is 0 Å². The van der Waals surface area contributed by atoms with E-state index in [1.807, 2.05) is 19.2 Å². The minimum atomic E-state index is -0.845. The molecule has 5 heteroatoms. The molecule has 1 heterocycles. The average molecular weight is 269 g/mol. The van der Waals surface area contributed by atoms with E-state index in [2.05, 4.69) is 9.78 Å². The molecule has 2 atom stereocenters. The number of hydrogen-bond acceptors (Lipinski definition) is 3. The van der Waals surface area contributed by atoms with E-state index in [4.69, 9.17) is 5.73 Å². The summed E-state index contributed by atoms with van der Waals surface area (Å²) in [4.78, 5) is 0. The standard InChI is InChI=1S/C13H23N3OS/c1-11(8-14)9-18(17)10-12-6-7-16(15-12)13-4-2-3-5-13/h6-7,11,13H,2-5,8-10,14H2,1H3. The minimum Gasteiger partial charge on any atom is -0.330 e. The molecule has 0 spiro atoms. The van der Waals surface area contributed by atoms with E-state index in [0.29, 0.717) is 30.0 Å². The lowest BCUT2D eigenvalue weighted by Gasteiger charge is -2.09. The highest BCUT2D eigenvalue weighted by atomic mass is 32.2. The molecule has 4 nitrogen and oxygen atoms in total. The Bertz CT molecular complexity index is 399. The average Bonchev–Trinajstić information content (AvgIpc) is 2.98. The lowest BCUT2D eigenvalue weighted by molar-refractivity contribution is 0.464. The van der Waals surface area contributed by atoms with E-state index in [9.17, 15) is 4.21 Å². The van der Waals surface area contributed by atoms with Crippen LogP contribution in [-0.4, -0.2) is 26.3 Å². The number of hydrogen-bond donors (Lipinski definition) is 1. The number of aromatic nitrogens is 2. The maximum atomic E-state index is 11.9. The molecule has 0 aliphatic heterocycles. The quantitative estimate of drug-likeness (QED) is 0.857. The van der Waals surface area contributed by atoms with Gasteiger partial charge in [0, 0.05) is 22.7 Å². The first kappa shape index (κ1) is 13.7. The first-order chi connectivity index (χ1) is 8.69. The highest BCUT2D eigenvalue weighted by Crippen LogP contribution is 2.28. The van der Waals surface area contributed by atoms with Gasteiger partial charge in [-0.2, -0.15) is 5.10 Å². The van der Waals surface area contributed by atoms with Crippen LogP contribution in [0.25, 0.3) is 0 Å². The Morgan fingerprint density at radius 1 is 1.56 bits per heavy atom. The molecule has 0 amide bonds. The van der Waals surface area contributed by atoms with E-state index < -0.39 is 10.8 Å². The van der Waals surface area contributed by atoms with Gasteiger partial charge >= 0.3 is 0 Å². The summed E-state index contributed by atoms with van der Waals surface area (Å²) in [5.41, 5.74) is 6.49. The van der Waals surface area contributed by atoms with Crippen LogP contribution < -0.4 is 5.73 Å². The monoisotopic (exact) mass is 269 g/mol. The fourth-order valence-corrected chi connectivity index (χ4v) is 3.81. The van der Waals surface area contributed by atoms with Gasteiger partial charge in [0.25, 0.3) is 0 Å². The Morgan fingerprint density at radius 2 is 2.28 bits per heavy atom. The van der Waals surface area contributed by atoms with Crippen LogP contribution in [0.3, 0.4) is 0 Å². The molecule has 1 saturated carbocycles. The van der Waals surface area contributed by atoms with Crippen molar-refractivity contribution >= 4 is 10.8 Å². The van der Waals surface area contributed by atoms with Gasteiger partial charge in [-0.1, -0.05) is 19.8 Å². The van der Waals surface area contributed by atoms with Crippen molar-refractivity contribution in [2.45, 2.75) is 44.4 Å². The second-order valence-electron chi connectivity index (χ2n) is 5.32. The molecule has 1 aromatic rings. The Hall–Kier alpha value is -0.680. The highest BCUT2D eigenvalue weighted by Gasteiger charge is 2.18. The third kappa shape index (κ3) is 3.65. The number of rotatable bonds is 6. The van der Waals surface area contributed by atoms with Crippen LogP contribution >= 0.6 is 0 Å². The minimum absolute atomic E-state index is 0.322. The van der Waals surface area contributed by atoms with Gasteiger partial charge in [-0.05, 0) is 31.4 Å². The summed E-state index contributed by atoms with van der Waals surface area (Å²) in [6.07, 6.45) is 7.11. The molecule has 1 aliphatic rings. The molecular weight excluding hydrogens is 246 g/mol. The van der Waals surface area contributed by atoms with E-state index in [-0.39, 0.29) is 0 Å². The summed E-state index contributed by atoms with van der Waals surface area (Å²) in [7, 11) is -0.845. The zero-order chi connectivity index (χ0) is 13.0.